The molecule has 2 aromatic rings. The Kier molecular flexibility index (Phi) is 2.68. The van der Waals surface area contributed by atoms with Gasteiger partial charge in [-0.1, -0.05) is 18.2 Å². The van der Waals surface area contributed by atoms with Crippen molar-refractivity contribution in [3.05, 3.63) is 53.6 Å². The summed E-state index contributed by atoms with van der Waals surface area (Å²) >= 11 is 0. The normalized spacial score (nSPS) is 10.3. The van der Waals surface area contributed by atoms with Gasteiger partial charge in [-0.05, 0) is 6.07 Å². The first-order valence-electron chi connectivity index (χ1n) is 4.66. The SMILES string of the molecule is O=C(O)c1cnn(Cc2ccccc2F)c1. The molecular weight excluding hydrogens is 211 g/mol. The molecule has 0 aliphatic rings. The van der Waals surface area contributed by atoms with E-state index >= 15 is 0 Å². The number of carboxylic acids is 1. The third-order valence-electron chi connectivity index (χ3n) is 2.17. The minimum atomic E-state index is -1.04. The third kappa shape index (κ3) is 2.08. The van der Waals surface area contributed by atoms with E-state index in [0.717, 1.165) is 0 Å². The summed E-state index contributed by atoms with van der Waals surface area (Å²) in [6, 6.07) is 6.32. The van der Waals surface area contributed by atoms with E-state index in [1.54, 1.807) is 18.2 Å². The summed E-state index contributed by atoms with van der Waals surface area (Å²) in [5.74, 6) is -1.37. The van der Waals surface area contributed by atoms with Gasteiger partial charge in [0.15, 0.2) is 0 Å². The number of carboxylic acid groups (broad SMARTS) is 1. The predicted molar refractivity (Wildman–Crippen MR) is 54.7 cm³/mol. The molecular formula is C11H9FN2O2. The fourth-order valence-electron chi connectivity index (χ4n) is 1.36. The molecule has 4 nitrogen and oxygen atoms in total. The Morgan fingerprint density at radius 3 is 2.81 bits per heavy atom. The number of halogens is 1. The molecule has 0 atom stereocenters. The molecule has 0 saturated heterocycles. The van der Waals surface area contributed by atoms with E-state index in [-0.39, 0.29) is 17.9 Å². The van der Waals surface area contributed by atoms with Crippen LogP contribution >= 0.6 is 0 Å². The standard InChI is InChI=1S/C11H9FN2O2/c12-10-4-2-1-3-8(10)6-14-7-9(5-13-14)11(15)16/h1-5,7H,6H2,(H,15,16). The van der Waals surface area contributed by atoms with Crippen molar-refractivity contribution >= 4 is 5.97 Å². The van der Waals surface area contributed by atoms with Crippen LogP contribution in [0, 0.1) is 5.82 Å². The lowest BCUT2D eigenvalue weighted by Gasteiger charge is -2.02. The largest absolute Gasteiger partial charge is 0.478 e. The Bertz CT molecular complexity index is 522. The van der Waals surface area contributed by atoms with E-state index in [1.807, 2.05) is 0 Å². The van der Waals surface area contributed by atoms with Crippen molar-refractivity contribution in [2.24, 2.45) is 0 Å². The molecule has 1 N–H and O–H groups in total. The van der Waals surface area contributed by atoms with Crippen molar-refractivity contribution in [3.8, 4) is 0 Å². The minimum Gasteiger partial charge on any atom is -0.478 e. The first kappa shape index (κ1) is 10.4. The van der Waals surface area contributed by atoms with Gasteiger partial charge in [-0.15, -0.1) is 0 Å². The van der Waals surface area contributed by atoms with Crippen LogP contribution in [0.2, 0.25) is 0 Å². The summed E-state index contributed by atoms with van der Waals surface area (Å²) in [7, 11) is 0. The smallest absolute Gasteiger partial charge is 0.338 e. The van der Waals surface area contributed by atoms with Gasteiger partial charge >= 0.3 is 5.97 Å². The second-order valence-electron chi connectivity index (χ2n) is 3.32. The molecule has 1 heterocycles. The van der Waals surface area contributed by atoms with Crippen LogP contribution in [-0.2, 0) is 6.54 Å². The Hall–Kier alpha value is -2.17. The van der Waals surface area contributed by atoms with Crippen molar-refractivity contribution in [1.82, 2.24) is 9.78 Å². The monoisotopic (exact) mass is 220 g/mol. The highest BCUT2D eigenvalue weighted by atomic mass is 19.1. The Morgan fingerprint density at radius 2 is 2.19 bits per heavy atom. The molecule has 1 aromatic heterocycles. The summed E-state index contributed by atoms with van der Waals surface area (Å²) in [5.41, 5.74) is 0.568. The number of hydrogen-bond donors (Lipinski definition) is 1. The van der Waals surface area contributed by atoms with E-state index in [0.29, 0.717) is 5.56 Å². The van der Waals surface area contributed by atoms with Gasteiger partial charge in [0, 0.05) is 11.8 Å². The first-order chi connectivity index (χ1) is 7.66. The fourth-order valence-corrected chi connectivity index (χ4v) is 1.36. The van der Waals surface area contributed by atoms with E-state index in [4.69, 9.17) is 5.11 Å². The number of carbonyl (C=O) groups is 1. The van der Waals surface area contributed by atoms with Gasteiger partial charge in [0.1, 0.15) is 5.82 Å². The zero-order valence-corrected chi connectivity index (χ0v) is 8.30. The zero-order chi connectivity index (χ0) is 11.5. The summed E-state index contributed by atoms with van der Waals surface area (Å²) in [4.78, 5) is 10.6. The molecule has 0 amide bonds. The van der Waals surface area contributed by atoms with Crippen LogP contribution < -0.4 is 0 Å². The van der Waals surface area contributed by atoms with Crippen molar-refractivity contribution < 1.29 is 14.3 Å². The molecule has 0 bridgehead atoms. The second kappa shape index (κ2) is 4.14. The van der Waals surface area contributed by atoms with Crippen LogP contribution in [0.4, 0.5) is 4.39 Å². The van der Waals surface area contributed by atoms with Crippen LogP contribution in [-0.4, -0.2) is 20.9 Å². The highest BCUT2D eigenvalue weighted by molar-refractivity contribution is 5.86. The van der Waals surface area contributed by atoms with Crippen LogP contribution in [0.1, 0.15) is 15.9 Å². The molecule has 1 aromatic carbocycles. The highest BCUT2D eigenvalue weighted by Crippen LogP contribution is 2.08. The average Bonchev–Trinajstić information content (AvgIpc) is 2.70. The molecule has 0 aliphatic heterocycles. The van der Waals surface area contributed by atoms with Gasteiger partial charge in [-0.2, -0.15) is 5.10 Å². The van der Waals surface area contributed by atoms with Gasteiger partial charge in [0.25, 0.3) is 0 Å². The molecule has 2 rings (SSSR count). The minimum absolute atomic E-state index is 0.0938. The van der Waals surface area contributed by atoms with E-state index in [9.17, 15) is 9.18 Å². The predicted octanol–water partition coefficient (Wildman–Crippen LogP) is 1.77. The summed E-state index contributed by atoms with van der Waals surface area (Å²) in [6.45, 7) is 0.222. The lowest BCUT2D eigenvalue weighted by atomic mass is 10.2. The Morgan fingerprint density at radius 1 is 1.44 bits per heavy atom. The Labute approximate surface area is 90.9 Å². The number of hydrogen-bond acceptors (Lipinski definition) is 2. The van der Waals surface area contributed by atoms with Gasteiger partial charge in [-0.25, -0.2) is 9.18 Å². The van der Waals surface area contributed by atoms with E-state index in [1.165, 1.54) is 23.1 Å². The van der Waals surface area contributed by atoms with Gasteiger partial charge < -0.3 is 5.11 Å². The zero-order valence-electron chi connectivity index (χ0n) is 8.30. The summed E-state index contributed by atoms with van der Waals surface area (Å²) < 4.78 is 14.7. The average molecular weight is 220 g/mol. The highest BCUT2D eigenvalue weighted by Gasteiger charge is 2.07. The molecule has 0 aliphatic carbocycles. The molecule has 0 unspecified atom stereocenters. The maximum Gasteiger partial charge on any atom is 0.338 e. The number of aromatic carboxylic acids is 1. The first-order valence-corrected chi connectivity index (χ1v) is 4.66. The topological polar surface area (TPSA) is 55.1 Å². The van der Waals surface area contributed by atoms with Gasteiger partial charge in [-0.3, -0.25) is 4.68 Å². The van der Waals surface area contributed by atoms with Gasteiger partial charge in [0.05, 0.1) is 18.3 Å². The van der Waals surface area contributed by atoms with Crippen molar-refractivity contribution in [3.63, 3.8) is 0 Å². The fraction of sp³-hybridized carbons (Fsp3) is 0.0909. The summed E-state index contributed by atoms with van der Waals surface area (Å²) in [6.07, 6.45) is 2.61. The molecule has 0 spiro atoms. The number of aromatic nitrogens is 2. The van der Waals surface area contributed by atoms with Crippen LogP contribution in [0.25, 0.3) is 0 Å². The molecule has 0 saturated carbocycles. The van der Waals surface area contributed by atoms with E-state index in [2.05, 4.69) is 5.10 Å². The maximum atomic E-state index is 13.3. The van der Waals surface area contributed by atoms with Crippen LogP contribution in [0.15, 0.2) is 36.7 Å². The lowest BCUT2D eigenvalue weighted by Crippen LogP contribution is -2.02. The van der Waals surface area contributed by atoms with E-state index < -0.39 is 5.97 Å². The molecule has 5 heteroatoms. The van der Waals surface area contributed by atoms with Crippen LogP contribution in [0.5, 0.6) is 0 Å². The third-order valence-corrected chi connectivity index (χ3v) is 2.17. The molecule has 0 radical (unpaired) electrons. The quantitative estimate of drug-likeness (QED) is 0.857. The molecule has 16 heavy (non-hydrogen) atoms. The van der Waals surface area contributed by atoms with Crippen LogP contribution in [0.3, 0.4) is 0 Å². The van der Waals surface area contributed by atoms with Crippen molar-refractivity contribution in [2.75, 3.05) is 0 Å². The van der Waals surface area contributed by atoms with Crippen molar-refractivity contribution in [2.45, 2.75) is 6.54 Å². The lowest BCUT2D eigenvalue weighted by molar-refractivity contribution is 0.0697. The Balaban J connectivity index is 2.21. The number of nitrogens with zero attached hydrogens (tertiary/aromatic N) is 2. The number of rotatable bonds is 3. The second-order valence-corrected chi connectivity index (χ2v) is 3.32. The summed E-state index contributed by atoms with van der Waals surface area (Å²) in [5, 5.41) is 12.5. The number of benzene rings is 1. The maximum absolute atomic E-state index is 13.3. The van der Waals surface area contributed by atoms with Crippen molar-refractivity contribution in [1.29, 1.82) is 0 Å². The molecule has 0 fully saturated rings. The molecule has 82 valence electrons. The van der Waals surface area contributed by atoms with Gasteiger partial charge in [0.2, 0.25) is 0 Å².